The van der Waals surface area contributed by atoms with Crippen LogP contribution in [-0.4, -0.2) is 24.0 Å². The van der Waals surface area contributed by atoms with Crippen LogP contribution in [0, 0.1) is 5.92 Å². The molecule has 2 rings (SSSR count). The molecule has 1 saturated carbocycles. The molecular formula is C15H26N2O. The molecule has 102 valence electrons. The number of hydrogen-bond donors (Lipinski definition) is 1. The van der Waals surface area contributed by atoms with Gasteiger partial charge in [-0.3, -0.25) is 4.90 Å². The first-order valence-corrected chi connectivity index (χ1v) is 7.06. The summed E-state index contributed by atoms with van der Waals surface area (Å²) in [5, 5.41) is 3.51. The first kappa shape index (κ1) is 13.6. The maximum atomic E-state index is 5.59. The molecule has 0 bridgehead atoms. The summed E-state index contributed by atoms with van der Waals surface area (Å²) in [5.74, 6) is 1.78. The third-order valence-corrected chi connectivity index (χ3v) is 4.05. The van der Waals surface area contributed by atoms with E-state index in [-0.39, 0.29) is 0 Å². The summed E-state index contributed by atoms with van der Waals surface area (Å²) >= 11 is 0. The van der Waals surface area contributed by atoms with Gasteiger partial charge in [0, 0.05) is 24.2 Å². The highest BCUT2D eigenvalue weighted by molar-refractivity contribution is 5.17. The molecule has 0 spiro atoms. The van der Waals surface area contributed by atoms with E-state index in [4.69, 9.17) is 4.42 Å². The topological polar surface area (TPSA) is 28.4 Å². The minimum absolute atomic E-state index is 0.587. The number of rotatable bonds is 7. The zero-order valence-corrected chi connectivity index (χ0v) is 12.1. The van der Waals surface area contributed by atoms with Crippen LogP contribution in [0.5, 0.6) is 0 Å². The van der Waals surface area contributed by atoms with Crippen molar-refractivity contribution in [3.8, 4) is 0 Å². The molecule has 1 heterocycles. The summed E-state index contributed by atoms with van der Waals surface area (Å²) in [7, 11) is 2.19. The van der Waals surface area contributed by atoms with Crippen molar-refractivity contribution in [2.45, 2.75) is 58.8 Å². The van der Waals surface area contributed by atoms with Crippen molar-refractivity contribution < 1.29 is 4.42 Å². The van der Waals surface area contributed by atoms with Crippen molar-refractivity contribution in [3.05, 3.63) is 23.7 Å². The van der Waals surface area contributed by atoms with Crippen molar-refractivity contribution in [1.82, 2.24) is 10.2 Å². The van der Waals surface area contributed by atoms with Crippen molar-refractivity contribution in [2.24, 2.45) is 5.92 Å². The third kappa shape index (κ3) is 3.59. The van der Waals surface area contributed by atoms with Gasteiger partial charge in [0.2, 0.25) is 0 Å². The van der Waals surface area contributed by atoms with Gasteiger partial charge in [-0.15, -0.1) is 0 Å². The molecular weight excluding hydrogens is 224 g/mol. The van der Waals surface area contributed by atoms with E-state index >= 15 is 0 Å². The fourth-order valence-electron chi connectivity index (χ4n) is 2.11. The van der Waals surface area contributed by atoms with Crippen LogP contribution in [-0.2, 0) is 13.1 Å². The Bertz CT molecular complexity index is 368. The average molecular weight is 250 g/mol. The molecule has 0 saturated heterocycles. The molecule has 0 radical (unpaired) electrons. The van der Waals surface area contributed by atoms with Gasteiger partial charge in [-0.2, -0.15) is 0 Å². The summed E-state index contributed by atoms with van der Waals surface area (Å²) in [6, 6.07) is 3.42. The van der Waals surface area contributed by atoms with Crippen LogP contribution >= 0.6 is 0 Å². The predicted molar refractivity (Wildman–Crippen MR) is 74.3 cm³/mol. The maximum absolute atomic E-state index is 5.59. The van der Waals surface area contributed by atoms with Crippen LogP contribution in [0.1, 0.15) is 44.9 Å². The predicted octanol–water partition coefficient (Wildman–Crippen LogP) is 3.01. The molecule has 0 aliphatic heterocycles. The molecule has 0 aromatic carbocycles. The lowest BCUT2D eigenvalue weighted by atomic mass is 10.0. The lowest BCUT2D eigenvalue weighted by Crippen LogP contribution is -2.33. The monoisotopic (exact) mass is 250 g/mol. The largest absolute Gasteiger partial charge is 0.468 e. The molecule has 3 heteroatoms. The molecule has 1 N–H and O–H groups in total. The SMILES string of the molecule is CC(C)C(C)N(C)Cc1ccoc1CNC1CC1. The van der Waals surface area contributed by atoms with Crippen molar-refractivity contribution in [1.29, 1.82) is 0 Å². The van der Waals surface area contributed by atoms with Crippen LogP contribution in [0.4, 0.5) is 0 Å². The molecule has 1 aromatic rings. The first-order chi connectivity index (χ1) is 8.58. The van der Waals surface area contributed by atoms with Crippen LogP contribution in [0.2, 0.25) is 0 Å². The Kier molecular flexibility index (Phi) is 4.46. The van der Waals surface area contributed by atoms with Crippen LogP contribution in [0.25, 0.3) is 0 Å². The van der Waals surface area contributed by atoms with E-state index in [0.29, 0.717) is 12.0 Å². The smallest absolute Gasteiger partial charge is 0.122 e. The van der Waals surface area contributed by atoms with E-state index in [2.05, 4.69) is 44.1 Å². The van der Waals surface area contributed by atoms with Crippen LogP contribution in [0.15, 0.2) is 16.7 Å². The van der Waals surface area contributed by atoms with Crippen LogP contribution in [0.3, 0.4) is 0 Å². The molecule has 1 aromatic heterocycles. The van der Waals surface area contributed by atoms with Gasteiger partial charge in [0.25, 0.3) is 0 Å². The van der Waals surface area contributed by atoms with Crippen LogP contribution < -0.4 is 5.32 Å². The van der Waals surface area contributed by atoms with Crippen molar-refractivity contribution >= 4 is 0 Å². The van der Waals surface area contributed by atoms with Gasteiger partial charge in [-0.1, -0.05) is 13.8 Å². The molecule has 1 fully saturated rings. The quantitative estimate of drug-likeness (QED) is 0.806. The van der Waals surface area contributed by atoms with E-state index in [9.17, 15) is 0 Å². The second-order valence-corrected chi connectivity index (χ2v) is 5.92. The lowest BCUT2D eigenvalue weighted by Gasteiger charge is -2.27. The van der Waals surface area contributed by atoms with Crippen molar-refractivity contribution in [2.75, 3.05) is 7.05 Å². The molecule has 3 nitrogen and oxygen atoms in total. The Morgan fingerprint density at radius 2 is 2.11 bits per heavy atom. The Hall–Kier alpha value is -0.800. The molecule has 1 aliphatic carbocycles. The van der Waals surface area contributed by atoms with Gasteiger partial charge in [0.1, 0.15) is 5.76 Å². The summed E-state index contributed by atoms with van der Waals surface area (Å²) in [6.45, 7) is 8.67. The molecule has 1 aliphatic rings. The highest BCUT2D eigenvalue weighted by Crippen LogP contribution is 2.21. The summed E-state index contributed by atoms with van der Waals surface area (Å²) in [5.41, 5.74) is 1.32. The van der Waals surface area contributed by atoms with Gasteiger partial charge >= 0.3 is 0 Å². The summed E-state index contributed by atoms with van der Waals surface area (Å²) in [6.07, 6.45) is 4.45. The Morgan fingerprint density at radius 3 is 2.72 bits per heavy atom. The van der Waals surface area contributed by atoms with Gasteiger partial charge in [-0.05, 0) is 38.8 Å². The Balaban J connectivity index is 1.89. The van der Waals surface area contributed by atoms with Gasteiger partial charge < -0.3 is 9.73 Å². The van der Waals surface area contributed by atoms with E-state index in [1.807, 2.05) is 6.26 Å². The van der Waals surface area contributed by atoms with E-state index in [1.165, 1.54) is 18.4 Å². The number of nitrogens with zero attached hydrogens (tertiary/aromatic N) is 1. The zero-order valence-electron chi connectivity index (χ0n) is 12.1. The van der Waals surface area contributed by atoms with Crippen molar-refractivity contribution in [3.63, 3.8) is 0 Å². The van der Waals surface area contributed by atoms with E-state index < -0.39 is 0 Å². The second-order valence-electron chi connectivity index (χ2n) is 5.92. The van der Waals surface area contributed by atoms with E-state index in [0.717, 1.165) is 24.9 Å². The zero-order chi connectivity index (χ0) is 13.1. The normalized spacial score (nSPS) is 17.7. The highest BCUT2D eigenvalue weighted by atomic mass is 16.3. The number of furan rings is 1. The minimum Gasteiger partial charge on any atom is -0.468 e. The van der Waals surface area contributed by atoms with E-state index in [1.54, 1.807) is 0 Å². The Morgan fingerprint density at radius 1 is 1.39 bits per heavy atom. The second kappa shape index (κ2) is 5.89. The van der Waals surface area contributed by atoms with Gasteiger partial charge in [0.15, 0.2) is 0 Å². The Labute approximate surface area is 111 Å². The lowest BCUT2D eigenvalue weighted by molar-refractivity contribution is 0.199. The summed E-state index contributed by atoms with van der Waals surface area (Å²) < 4.78 is 5.59. The molecule has 0 amide bonds. The average Bonchev–Trinajstić information content (AvgIpc) is 3.06. The number of nitrogens with one attached hydrogen (secondary N) is 1. The molecule has 18 heavy (non-hydrogen) atoms. The molecule has 1 unspecified atom stereocenters. The fourth-order valence-corrected chi connectivity index (χ4v) is 2.11. The summed E-state index contributed by atoms with van der Waals surface area (Å²) in [4.78, 5) is 2.40. The minimum atomic E-state index is 0.587. The fraction of sp³-hybridized carbons (Fsp3) is 0.733. The van der Waals surface area contributed by atoms with Gasteiger partial charge in [0.05, 0.1) is 12.8 Å². The third-order valence-electron chi connectivity index (χ3n) is 4.05. The standard InChI is InChI=1S/C15H26N2O/c1-11(2)12(3)17(4)10-13-7-8-18-15(13)9-16-14-5-6-14/h7-8,11-12,14,16H,5-6,9-10H2,1-4H3. The molecule has 1 atom stereocenters. The maximum Gasteiger partial charge on any atom is 0.122 e. The van der Waals surface area contributed by atoms with Gasteiger partial charge in [-0.25, -0.2) is 0 Å². The highest BCUT2D eigenvalue weighted by Gasteiger charge is 2.22. The first-order valence-electron chi connectivity index (χ1n) is 7.06. The number of hydrogen-bond acceptors (Lipinski definition) is 3.